The maximum Gasteiger partial charge on any atom is 0.119 e. The molecule has 100 valence electrons. The van der Waals surface area contributed by atoms with Gasteiger partial charge in [-0.05, 0) is 45.6 Å². The van der Waals surface area contributed by atoms with Crippen LogP contribution in [-0.4, -0.2) is 44.2 Å². The molecule has 0 aliphatic carbocycles. The fourth-order valence-electron chi connectivity index (χ4n) is 2.68. The van der Waals surface area contributed by atoms with E-state index in [1.165, 1.54) is 19.3 Å². The number of nitrogens with zero attached hydrogens (tertiary/aromatic N) is 1. The van der Waals surface area contributed by atoms with Gasteiger partial charge in [0.2, 0.25) is 0 Å². The lowest BCUT2D eigenvalue weighted by molar-refractivity contribution is 0.116. The summed E-state index contributed by atoms with van der Waals surface area (Å²) in [5.74, 6) is 0.961. The molecule has 0 radical (unpaired) electrons. The van der Waals surface area contributed by atoms with Crippen molar-refractivity contribution in [2.45, 2.75) is 24.8 Å². The van der Waals surface area contributed by atoms with Crippen LogP contribution in [0.3, 0.4) is 0 Å². The van der Waals surface area contributed by atoms with E-state index in [0.29, 0.717) is 0 Å². The van der Waals surface area contributed by atoms with Crippen LogP contribution in [0.5, 0.6) is 5.75 Å². The maximum atomic E-state index is 5.96. The number of piperidine rings is 1. The second kappa shape index (κ2) is 6.21. The summed E-state index contributed by atoms with van der Waals surface area (Å²) in [5.41, 5.74) is 0.109. The smallest absolute Gasteiger partial charge is 0.119 e. The molecule has 3 nitrogen and oxygen atoms in total. The van der Waals surface area contributed by atoms with Crippen molar-refractivity contribution in [1.29, 1.82) is 0 Å². The average molecular weight is 248 g/mol. The molecule has 0 amide bonds. The highest BCUT2D eigenvalue weighted by Crippen LogP contribution is 2.22. The van der Waals surface area contributed by atoms with Gasteiger partial charge in [0, 0.05) is 6.54 Å². The van der Waals surface area contributed by atoms with Crippen molar-refractivity contribution in [3.05, 3.63) is 30.3 Å². The number of para-hydroxylation sites is 1. The maximum absolute atomic E-state index is 5.96. The number of hydrogen-bond donors (Lipinski definition) is 1. The Balaban J connectivity index is 1.96. The topological polar surface area (TPSA) is 24.5 Å². The molecule has 1 atom stereocenters. The van der Waals surface area contributed by atoms with Crippen LogP contribution < -0.4 is 10.1 Å². The number of nitrogens with one attached hydrogen (secondary N) is 1. The fraction of sp³-hybridized carbons (Fsp3) is 0.600. The van der Waals surface area contributed by atoms with Gasteiger partial charge in [0.15, 0.2) is 0 Å². The monoisotopic (exact) mass is 248 g/mol. The largest absolute Gasteiger partial charge is 0.492 e. The molecule has 0 aromatic heterocycles. The summed E-state index contributed by atoms with van der Waals surface area (Å²) < 4.78 is 5.96. The molecule has 0 saturated carbocycles. The quantitative estimate of drug-likeness (QED) is 0.864. The summed E-state index contributed by atoms with van der Waals surface area (Å²) in [6, 6.07) is 10.1. The third-order valence-corrected chi connectivity index (χ3v) is 3.46. The van der Waals surface area contributed by atoms with Crippen molar-refractivity contribution in [3.8, 4) is 5.75 Å². The lowest BCUT2D eigenvalue weighted by Gasteiger charge is -2.40. The van der Waals surface area contributed by atoms with Gasteiger partial charge in [-0.25, -0.2) is 0 Å². The normalized spacial score (nSPS) is 24.2. The Morgan fingerprint density at radius 1 is 1.22 bits per heavy atom. The predicted octanol–water partition coefficient (Wildman–Crippen LogP) is 2.14. The van der Waals surface area contributed by atoms with Crippen molar-refractivity contribution >= 4 is 0 Å². The van der Waals surface area contributed by atoms with Crippen molar-refractivity contribution in [3.63, 3.8) is 0 Å². The lowest BCUT2D eigenvalue weighted by atomic mass is 9.89. The van der Waals surface area contributed by atoms with Gasteiger partial charge in [0.05, 0.1) is 5.54 Å². The average Bonchev–Trinajstić information content (AvgIpc) is 2.38. The molecule has 0 spiro atoms. The van der Waals surface area contributed by atoms with E-state index in [4.69, 9.17) is 4.74 Å². The predicted molar refractivity (Wildman–Crippen MR) is 75.1 cm³/mol. The summed E-state index contributed by atoms with van der Waals surface area (Å²) in [4.78, 5) is 2.24. The minimum absolute atomic E-state index is 0.109. The molecule has 1 heterocycles. The van der Waals surface area contributed by atoms with Gasteiger partial charge in [-0.3, -0.25) is 0 Å². The molecule has 0 bridgehead atoms. The highest BCUT2D eigenvalue weighted by atomic mass is 16.5. The Labute approximate surface area is 110 Å². The summed E-state index contributed by atoms with van der Waals surface area (Å²) >= 11 is 0. The Morgan fingerprint density at radius 3 is 2.61 bits per heavy atom. The van der Waals surface area contributed by atoms with Crippen LogP contribution in [0.2, 0.25) is 0 Å². The number of ether oxygens (including phenoxy) is 1. The summed E-state index contributed by atoms with van der Waals surface area (Å²) in [7, 11) is 4.25. The van der Waals surface area contributed by atoms with Gasteiger partial charge in [-0.2, -0.15) is 0 Å². The molecular formula is C15H24N2O. The molecular weight excluding hydrogens is 224 g/mol. The SMILES string of the molecule is CN(C)CC1(COc2ccccc2)CCCCN1. The highest BCUT2D eigenvalue weighted by molar-refractivity contribution is 5.21. The van der Waals surface area contributed by atoms with Crippen molar-refractivity contribution in [2.75, 3.05) is 33.8 Å². The Morgan fingerprint density at radius 2 is 2.00 bits per heavy atom. The first kappa shape index (κ1) is 13.4. The van der Waals surface area contributed by atoms with Crippen LogP contribution >= 0.6 is 0 Å². The first-order valence-corrected chi connectivity index (χ1v) is 6.78. The molecule has 1 aliphatic heterocycles. The highest BCUT2D eigenvalue weighted by Gasteiger charge is 2.33. The zero-order chi connectivity index (χ0) is 12.8. The molecule has 1 aromatic carbocycles. The second-order valence-corrected chi connectivity index (χ2v) is 5.50. The van der Waals surface area contributed by atoms with E-state index in [-0.39, 0.29) is 5.54 Å². The minimum atomic E-state index is 0.109. The summed E-state index contributed by atoms with van der Waals surface area (Å²) in [6.45, 7) is 2.88. The Hall–Kier alpha value is -1.06. The van der Waals surface area contributed by atoms with Gasteiger partial charge in [-0.1, -0.05) is 24.6 Å². The molecule has 1 fully saturated rings. The molecule has 1 N–H and O–H groups in total. The van der Waals surface area contributed by atoms with Gasteiger partial charge in [-0.15, -0.1) is 0 Å². The van der Waals surface area contributed by atoms with Crippen molar-refractivity contribution in [1.82, 2.24) is 10.2 Å². The second-order valence-electron chi connectivity index (χ2n) is 5.50. The molecule has 1 aromatic rings. The summed E-state index contributed by atoms with van der Waals surface area (Å²) in [5, 5.41) is 3.67. The van der Waals surface area contributed by atoms with Crippen LogP contribution in [-0.2, 0) is 0 Å². The summed E-state index contributed by atoms with van der Waals surface area (Å²) in [6.07, 6.45) is 3.76. The van der Waals surface area contributed by atoms with E-state index >= 15 is 0 Å². The van der Waals surface area contributed by atoms with Crippen molar-refractivity contribution in [2.24, 2.45) is 0 Å². The van der Waals surface area contributed by atoms with E-state index in [1.54, 1.807) is 0 Å². The lowest BCUT2D eigenvalue weighted by Crippen LogP contribution is -2.58. The number of benzene rings is 1. The number of likely N-dealkylation sites (N-methyl/N-ethyl adjacent to an activating group) is 1. The van der Waals surface area contributed by atoms with Gasteiger partial charge < -0.3 is 15.0 Å². The van der Waals surface area contributed by atoms with E-state index in [1.807, 2.05) is 30.3 Å². The van der Waals surface area contributed by atoms with Crippen LogP contribution in [0.15, 0.2) is 30.3 Å². The molecule has 1 saturated heterocycles. The first-order chi connectivity index (χ1) is 8.70. The fourth-order valence-corrected chi connectivity index (χ4v) is 2.68. The third-order valence-electron chi connectivity index (χ3n) is 3.46. The standard InChI is InChI=1S/C15H24N2O/c1-17(2)12-15(10-6-7-11-16-15)13-18-14-8-4-3-5-9-14/h3-5,8-9,16H,6-7,10-13H2,1-2H3. The molecule has 2 rings (SSSR count). The van der Waals surface area contributed by atoms with Gasteiger partial charge in [0.25, 0.3) is 0 Å². The van der Waals surface area contributed by atoms with E-state index in [9.17, 15) is 0 Å². The van der Waals surface area contributed by atoms with E-state index in [0.717, 1.165) is 25.4 Å². The van der Waals surface area contributed by atoms with Crippen LogP contribution in [0.25, 0.3) is 0 Å². The molecule has 18 heavy (non-hydrogen) atoms. The minimum Gasteiger partial charge on any atom is -0.492 e. The van der Waals surface area contributed by atoms with Crippen molar-refractivity contribution < 1.29 is 4.74 Å². The number of hydrogen-bond acceptors (Lipinski definition) is 3. The zero-order valence-corrected chi connectivity index (χ0v) is 11.5. The van der Waals surface area contributed by atoms with Crippen LogP contribution in [0.1, 0.15) is 19.3 Å². The van der Waals surface area contributed by atoms with Crippen LogP contribution in [0.4, 0.5) is 0 Å². The zero-order valence-electron chi connectivity index (χ0n) is 11.5. The number of rotatable bonds is 5. The van der Waals surface area contributed by atoms with E-state index in [2.05, 4.69) is 24.3 Å². The van der Waals surface area contributed by atoms with Gasteiger partial charge in [0.1, 0.15) is 12.4 Å². The Bertz CT molecular complexity index is 345. The third kappa shape index (κ3) is 3.72. The molecule has 1 aliphatic rings. The molecule has 1 unspecified atom stereocenters. The van der Waals surface area contributed by atoms with Crippen LogP contribution in [0, 0.1) is 0 Å². The van der Waals surface area contributed by atoms with E-state index < -0.39 is 0 Å². The first-order valence-electron chi connectivity index (χ1n) is 6.78. The Kier molecular flexibility index (Phi) is 4.61. The van der Waals surface area contributed by atoms with Gasteiger partial charge >= 0.3 is 0 Å². The molecule has 3 heteroatoms.